The lowest BCUT2D eigenvalue weighted by Gasteiger charge is -2.11. The zero-order valence-corrected chi connectivity index (χ0v) is 16.6. The van der Waals surface area contributed by atoms with E-state index in [1.807, 2.05) is 30.3 Å². The number of rotatable bonds is 8. The fraction of sp³-hybridized carbons (Fsp3) is 0.286. The number of anilines is 3. The molecule has 3 aromatic rings. The van der Waals surface area contributed by atoms with Gasteiger partial charge in [-0.05, 0) is 41.3 Å². The van der Waals surface area contributed by atoms with Gasteiger partial charge in [0.1, 0.15) is 0 Å². The number of methoxy groups -OCH3 is 2. The highest BCUT2D eigenvalue weighted by molar-refractivity contribution is 5.56. The Balaban J connectivity index is 1.65. The van der Waals surface area contributed by atoms with E-state index in [-0.39, 0.29) is 0 Å². The summed E-state index contributed by atoms with van der Waals surface area (Å²) in [6, 6.07) is 14.0. The summed E-state index contributed by atoms with van der Waals surface area (Å²) in [6.45, 7) is 4.88. The van der Waals surface area contributed by atoms with Gasteiger partial charge in [-0.1, -0.05) is 32.0 Å². The van der Waals surface area contributed by atoms with Crippen molar-refractivity contribution in [3.63, 3.8) is 0 Å². The van der Waals surface area contributed by atoms with Crippen molar-refractivity contribution in [1.29, 1.82) is 0 Å². The van der Waals surface area contributed by atoms with Crippen molar-refractivity contribution in [3.05, 3.63) is 59.8 Å². The molecule has 0 saturated carbocycles. The van der Waals surface area contributed by atoms with Crippen LogP contribution in [-0.4, -0.2) is 29.4 Å². The average Bonchev–Trinajstić information content (AvgIpc) is 2.72. The molecule has 7 nitrogen and oxygen atoms in total. The van der Waals surface area contributed by atoms with Crippen molar-refractivity contribution in [2.24, 2.45) is 0 Å². The van der Waals surface area contributed by atoms with E-state index >= 15 is 0 Å². The predicted octanol–water partition coefficient (Wildman–Crippen LogP) is 4.37. The summed E-state index contributed by atoms with van der Waals surface area (Å²) in [6.07, 6.45) is 1.60. The molecule has 146 valence electrons. The van der Waals surface area contributed by atoms with Crippen LogP contribution in [0.25, 0.3) is 0 Å². The second-order valence-corrected chi connectivity index (χ2v) is 6.61. The van der Waals surface area contributed by atoms with Gasteiger partial charge in [0, 0.05) is 12.2 Å². The molecule has 0 aliphatic carbocycles. The topological polar surface area (TPSA) is 81.2 Å². The number of aromatic nitrogens is 3. The number of nitrogens with zero attached hydrogens (tertiary/aromatic N) is 3. The maximum atomic E-state index is 5.33. The molecule has 7 heteroatoms. The van der Waals surface area contributed by atoms with Gasteiger partial charge in [-0.2, -0.15) is 10.1 Å². The highest BCUT2D eigenvalue weighted by Crippen LogP contribution is 2.27. The van der Waals surface area contributed by atoms with Crippen LogP contribution in [0.15, 0.2) is 48.7 Å². The van der Waals surface area contributed by atoms with Gasteiger partial charge in [0.2, 0.25) is 5.95 Å². The van der Waals surface area contributed by atoms with E-state index in [1.54, 1.807) is 20.4 Å². The van der Waals surface area contributed by atoms with E-state index in [9.17, 15) is 0 Å². The fourth-order valence-corrected chi connectivity index (χ4v) is 2.71. The van der Waals surface area contributed by atoms with Crippen molar-refractivity contribution < 1.29 is 9.47 Å². The summed E-state index contributed by atoms with van der Waals surface area (Å²) in [7, 11) is 3.23. The number of nitrogens with one attached hydrogen (secondary N) is 2. The van der Waals surface area contributed by atoms with Gasteiger partial charge in [0.05, 0.1) is 20.4 Å². The average molecular weight is 379 g/mol. The van der Waals surface area contributed by atoms with E-state index in [0.717, 1.165) is 11.3 Å². The Bertz CT molecular complexity index is 913. The normalized spacial score (nSPS) is 10.6. The molecule has 0 amide bonds. The van der Waals surface area contributed by atoms with E-state index < -0.39 is 0 Å². The molecule has 1 aromatic heterocycles. The third kappa shape index (κ3) is 4.88. The number of hydrogen-bond donors (Lipinski definition) is 2. The van der Waals surface area contributed by atoms with Crippen molar-refractivity contribution in [2.75, 3.05) is 24.9 Å². The monoisotopic (exact) mass is 379 g/mol. The third-order valence-electron chi connectivity index (χ3n) is 4.31. The Hall–Kier alpha value is -3.35. The Labute approximate surface area is 165 Å². The molecule has 0 radical (unpaired) electrons. The molecule has 0 aliphatic rings. The van der Waals surface area contributed by atoms with Gasteiger partial charge in [0.15, 0.2) is 17.3 Å². The van der Waals surface area contributed by atoms with Gasteiger partial charge in [-0.15, -0.1) is 5.10 Å². The van der Waals surface area contributed by atoms with Crippen LogP contribution < -0.4 is 20.1 Å². The Kier molecular flexibility index (Phi) is 6.26. The molecule has 0 atom stereocenters. The van der Waals surface area contributed by atoms with Crippen molar-refractivity contribution in [1.82, 2.24) is 15.2 Å². The first-order valence-corrected chi connectivity index (χ1v) is 9.10. The van der Waals surface area contributed by atoms with E-state index in [1.165, 1.54) is 5.56 Å². The molecule has 28 heavy (non-hydrogen) atoms. The van der Waals surface area contributed by atoms with Gasteiger partial charge in [-0.3, -0.25) is 0 Å². The van der Waals surface area contributed by atoms with Gasteiger partial charge in [0.25, 0.3) is 0 Å². The molecule has 1 heterocycles. The molecular formula is C21H25N5O2. The Morgan fingerprint density at radius 1 is 0.964 bits per heavy atom. The maximum Gasteiger partial charge on any atom is 0.244 e. The summed E-state index contributed by atoms with van der Waals surface area (Å²) in [5.41, 5.74) is 3.27. The van der Waals surface area contributed by atoms with Crippen molar-refractivity contribution in [2.45, 2.75) is 26.3 Å². The smallest absolute Gasteiger partial charge is 0.244 e. The highest BCUT2D eigenvalue weighted by Gasteiger charge is 2.06. The summed E-state index contributed by atoms with van der Waals surface area (Å²) in [4.78, 5) is 4.47. The molecule has 0 saturated heterocycles. The minimum absolute atomic E-state index is 0.443. The lowest BCUT2D eigenvalue weighted by Crippen LogP contribution is -2.06. The molecule has 0 spiro atoms. The van der Waals surface area contributed by atoms with Crippen LogP contribution in [-0.2, 0) is 6.54 Å². The second-order valence-electron chi connectivity index (χ2n) is 6.61. The van der Waals surface area contributed by atoms with E-state index in [2.05, 4.69) is 51.8 Å². The predicted molar refractivity (Wildman–Crippen MR) is 111 cm³/mol. The van der Waals surface area contributed by atoms with Crippen molar-refractivity contribution >= 4 is 17.5 Å². The first-order chi connectivity index (χ1) is 13.6. The highest BCUT2D eigenvalue weighted by atomic mass is 16.5. The Morgan fingerprint density at radius 2 is 1.71 bits per heavy atom. The first-order valence-electron chi connectivity index (χ1n) is 9.10. The lowest BCUT2D eigenvalue weighted by atomic mass is 10.0. The summed E-state index contributed by atoms with van der Waals surface area (Å²) < 4.78 is 10.6. The van der Waals surface area contributed by atoms with Crippen molar-refractivity contribution in [3.8, 4) is 11.5 Å². The van der Waals surface area contributed by atoms with Crippen LogP contribution in [0.2, 0.25) is 0 Å². The van der Waals surface area contributed by atoms with Crippen LogP contribution in [0.3, 0.4) is 0 Å². The Morgan fingerprint density at radius 3 is 2.39 bits per heavy atom. The fourth-order valence-electron chi connectivity index (χ4n) is 2.71. The molecule has 0 bridgehead atoms. The van der Waals surface area contributed by atoms with Crippen LogP contribution in [0.1, 0.15) is 30.9 Å². The zero-order valence-electron chi connectivity index (χ0n) is 16.6. The van der Waals surface area contributed by atoms with E-state index in [4.69, 9.17) is 9.47 Å². The molecule has 3 rings (SSSR count). The van der Waals surface area contributed by atoms with Gasteiger partial charge < -0.3 is 20.1 Å². The zero-order chi connectivity index (χ0) is 19.9. The van der Waals surface area contributed by atoms with Crippen LogP contribution >= 0.6 is 0 Å². The van der Waals surface area contributed by atoms with Crippen LogP contribution in [0.4, 0.5) is 17.5 Å². The molecule has 0 fully saturated rings. The van der Waals surface area contributed by atoms with Gasteiger partial charge >= 0.3 is 0 Å². The summed E-state index contributed by atoms with van der Waals surface area (Å²) >= 11 is 0. The molecule has 2 N–H and O–H groups in total. The largest absolute Gasteiger partial charge is 0.493 e. The van der Waals surface area contributed by atoms with E-state index in [0.29, 0.717) is 35.7 Å². The third-order valence-corrected chi connectivity index (χ3v) is 4.31. The second kappa shape index (κ2) is 9.03. The van der Waals surface area contributed by atoms with Gasteiger partial charge in [-0.25, -0.2) is 0 Å². The molecular weight excluding hydrogens is 354 g/mol. The lowest BCUT2D eigenvalue weighted by molar-refractivity contribution is 0.354. The van der Waals surface area contributed by atoms with Crippen LogP contribution in [0, 0.1) is 0 Å². The maximum absolute atomic E-state index is 5.33. The standard InChI is InChI=1S/C21H25N5O2/c1-14(2)16-6-8-17(9-7-16)24-20-13-23-26-21(25-20)22-12-15-5-10-18(27-3)19(11-15)28-4/h5-11,13-14H,12H2,1-4H3,(H2,22,24,25,26). The minimum Gasteiger partial charge on any atom is -0.493 e. The first kappa shape index (κ1) is 19.4. The molecule has 2 aromatic carbocycles. The quantitative estimate of drug-likeness (QED) is 0.601. The van der Waals surface area contributed by atoms with Crippen LogP contribution in [0.5, 0.6) is 11.5 Å². The molecule has 0 aliphatic heterocycles. The SMILES string of the molecule is COc1ccc(CNc2nncc(Nc3ccc(C(C)C)cc3)n2)cc1OC. The minimum atomic E-state index is 0.443. The molecule has 0 unspecified atom stereocenters. The number of ether oxygens (including phenoxy) is 2. The summed E-state index contributed by atoms with van der Waals surface area (Å²) in [5, 5.41) is 14.5. The number of benzene rings is 2. The summed E-state index contributed by atoms with van der Waals surface area (Å²) in [5.74, 6) is 2.95. The number of hydrogen-bond acceptors (Lipinski definition) is 7.